The molecule has 0 unspecified atom stereocenters. The topological polar surface area (TPSA) is 88.0 Å². The molecule has 31 heavy (non-hydrogen) atoms. The number of carbonyl (C=O) groups is 1. The molecule has 0 aliphatic carbocycles. The van der Waals surface area contributed by atoms with Crippen LogP contribution in [0.15, 0.2) is 43.0 Å². The first-order valence-electron chi connectivity index (χ1n) is 10.5. The standard InChI is InChI=1S/C23H27N7O/c1-15-11-19(7-8-25-15)29(4)22-12-20(21-13-24-9-10-26-21)27-23(28-22)18-6-5-16(2)30(14-18)17(3)31/h7-13,16,18H,5-6,14H2,1-4H3/t16-,18+/m0/s1. The van der Waals surface area contributed by atoms with Gasteiger partial charge in [0, 0.05) is 68.5 Å². The first-order valence-corrected chi connectivity index (χ1v) is 10.5. The quantitative estimate of drug-likeness (QED) is 0.642. The molecule has 0 spiro atoms. The van der Waals surface area contributed by atoms with Crippen molar-refractivity contribution in [3.63, 3.8) is 0 Å². The first-order chi connectivity index (χ1) is 14.9. The van der Waals surface area contributed by atoms with Gasteiger partial charge < -0.3 is 9.80 Å². The smallest absolute Gasteiger partial charge is 0.219 e. The normalized spacial score (nSPS) is 18.6. The zero-order valence-electron chi connectivity index (χ0n) is 18.4. The number of amides is 1. The molecule has 0 saturated carbocycles. The van der Waals surface area contributed by atoms with Crippen LogP contribution in [0.2, 0.25) is 0 Å². The fourth-order valence-electron chi connectivity index (χ4n) is 4.00. The van der Waals surface area contributed by atoms with Gasteiger partial charge in [0.25, 0.3) is 0 Å². The van der Waals surface area contributed by atoms with Crippen LogP contribution in [0.4, 0.5) is 11.5 Å². The highest BCUT2D eigenvalue weighted by atomic mass is 16.2. The number of anilines is 2. The molecular weight excluding hydrogens is 390 g/mol. The highest BCUT2D eigenvalue weighted by Gasteiger charge is 2.30. The second-order valence-corrected chi connectivity index (χ2v) is 8.07. The van der Waals surface area contributed by atoms with Crippen LogP contribution in [0.3, 0.4) is 0 Å². The number of nitrogens with zero attached hydrogens (tertiary/aromatic N) is 7. The third kappa shape index (κ3) is 4.52. The Kier molecular flexibility index (Phi) is 5.88. The van der Waals surface area contributed by atoms with Gasteiger partial charge in [-0.1, -0.05) is 0 Å². The van der Waals surface area contributed by atoms with Crippen molar-refractivity contribution in [2.45, 2.75) is 45.6 Å². The number of aromatic nitrogens is 5. The van der Waals surface area contributed by atoms with E-state index in [9.17, 15) is 4.79 Å². The van der Waals surface area contributed by atoms with E-state index in [0.717, 1.165) is 41.6 Å². The van der Waals surface area contributed by atoms with Crippen LogP contribution >= 0.6 is 0 Å². The molecule has 1 fully saturated rings. The third-order valence-electron chi connectivity index (χ3n) is 5.82. The van der Waals surface area contributed by atoms with Crippen molar-refractivity contribution in [3.8, 4) is 11.4 Å². The molecule has 1 amide bonds. The summed E-state index contributed by atoms with van der Waals surface area (Å²) in [5, 5.41) is 0. The summed E-state index contributed by atoms with van der Waals surface area (Å²) in [6, 6.07) is 6.14. The maximum Gasteiger partial charge on any atom is 0.219 e. The highest BCUT2D eigenvalue weighted by Crippen LogP contribution is 2.32. The average Bonchev–Trinajstić information content (AvgIpc) is 2.79. The zero-order valence-corrected chi connectivity index (χ0v) is 18.4. The second kappa shape index (κ2) is 8.75. The summed E-state index contributed by atoms with van der Waals surface area (Å²) < 4.78 is 0. The van der Waals surface area contributed by atoms with Gasteiger partial charge in [0.05, 0.1) is 11.9 Å². The van der Waals surface area contributed by atoms with Gasteiger partial charge in [-0.15, -0.1) is 0 Å². The van der Waals surface area contributed by atoms with E-state index in [4.69, 9.17) is 9.97 Å². The third-order valence-corrected chi connectivity index (χ3v) is 5.82. The van der Waals surface area contributed by atoms with Gasteiger partial charge in [-0.05, 0) is 38.8 Å². The molecule has 2 atom stereocenters. The highest BCUT2D eigenvalue weighted by molar-refractivity contribution is 5.73. The molecule has 1 aliphatic rings. The number of piperidine rings is 1. The SMILES string of the molecule is CC(=O)N1C[C@H](c2nc(-c3cnccn3)cc(N(C)c3ccnc(C)c3)n2)CC[C@@H]1C. The van der Waals surface area contributed by atoms with E-state index in [1.165, 1.54) is 0 Å². The largest absolute Gasteiger partial charge is 0.340 e. The van der Waals surface area contributed by atoms with E-state index in [1.54, 1.807) is 31.7 Å². The van der Waals surface area contributed by atoms with Gasteiger partial charge in [-0.25, -0.2) is 9.97 Å². The fraction of sp³-hybridized carbons (Fsp3) is 0.391. The maximum absolute atomic E-state index is 12.1. The van der Waals surface area contributed by atoms with Gasteiger partial charge in [0.2, 0.25) is 5.91 Å². The molecule has 160 valence electrons. The molecule has 0 N–H and O–H groups in total. The molecule has 1 aliphatic heterocycles. The van der Waals surface area contributed by atoms with E-state index in [-0.39, 0.29) is 17.9 Å². The summed E-state index contributed by atoms with van der Waals surface area (Å²) in [4.78, 5) is 38.7. The summed E-state index contributed by atoms with van der Waals surface area (Å²) in [5.41, 5.74) is 3.34. The summed E-state index contributed by atoms with van der Waals surface area (Å²) in [6.07, 6.45) is 8.67. The Bertz CT molecular complexity index is 1070. The Balaban J connectivity index is 1.76. The van der Waals surface area contributed by atoms with Crippen molar-refractivity contribution in [2.24, 2.45) is 0 Å². The van der Waals surface area contributed by atoms with Gasteiger partial charge in [-0.3, -0.25) is 19.7 Å². The second-order valence-electron chi connectivity index (χ2n) is 8.07. The predicted molar refractivity (Wildman–Crippen MR) is 119 cm³/mol. The van der Waals surface area contributed by atoms with Crippen molar-refractivity contribution in [2.75, 3.05) is 18.5 Å². The molecule has 4 rings (SSSR count). The molecule has 0 bridgehead atoms. The predicted octanol–water partition coefficient (Wildman–Crippen LogP) is 3.52. The lowest BCUT2D eigenvalue weighted by atomic mass is 9.92. The average molecular weight is 418 g/mol. The van der Waals surface area contributed by atoms with Crippen molar-refractivity contribution in [1.82, 2.24) is 29.8 Å². The van der Waals surface area contributed by atoms with Crippen LogP contribution in [0.25, 0.3) is 11.4 Å². The Morgan fingerprint density at radius 2 is 1.94 bits per heavy atom. The molecule has 3 aromatic rings. The molecule has 1 saturated heterocycles. The number of hydrogen-bond acceptors (Lipinski definition) is 7. The lowest BCUT2D eigenvalue weighted by Crippen LogP contribution is -2.44. The van der Waals surface area contributed by atoms with E-state index < -0.39 is 0 Å². The Labute approximate surface area is 182 Å². The molecule has 0 radical (unpaired) electrons. The number of likely N-dealkylation sites (tertiary alicyclic amines) is 1. The van der Waals surface area contributed by atoms with E-state index in [1.807, 2.05) is 42.0 Å². The van der Waals surface area contributed by atoms with Gasteiger partial charge in [-0.2, -0.15) is 0 Å². The molecule has 3 aromatic heterocycles. The van der Waals surface area contributed by atoms with E-state index >= 15 is 0 Å². The number of pyridine rings is 1. The Morgan fingerprint density at radius 3 is 2.65 bits per heavy atom. The number of hydrogen-bond donors (Lipinski definition) is 0. The fourth-order valence-corrected chi connectivity index (χ4v) is 4.00. The van der Waals surface area contributed by atoms with Crippen molar-refractivity contribution in [1.29, 1.82) is 0 Å². The van der Waals surface area contributed by atoms with Crippen molar-refractivity contribution in [3.05, 3.63) is 54.5 Å². The molecule has 8 heteroatoms. The van der Waals surface area contributed by atoms with E-state index in [0.29, 0.717) is 12.2 Å². The molecular formula is C23H27N7O. The van der Waals surface area contributed by atoms with E-state index in [2.05, 4.69) is 21.9 Å². The summed E-state index contributed by atoms with van der Waals surface area (Å²) in [6.45, 7) is 6.31. The minimum atomic E-state index is 0.0723. The lowest BCUT2D eigenvalue weighted by Gasteiger charge is -2.37. The maximum atomic E-state index is 12.1. The summed E-state index contributed by atoms with van der Waals surface area (Å²) in [5.74, 6) is 1.66. The molecule has 0 aromatic carbocycles. The minimum Gasteiger partial charge on any atom is -0.340 e. The summed E-state index contributed by atoms with van der Waals surface area (Å²) >= 11 is 0. The Hall–Kier alpha value is -3.42. The first kappa shape index (κ1) is 20.8. The van der Waals surface area contributed by atoms with Gasteiger partial charge in [0.15, 0.2) is 0 Å². The monoisotopic (exact) mass is 417 g/mol. The number of carbonyl (C=O) groups excluding carboxylic acids is 1. The van der Waals surface area contributed by atoms with Crippen LogP contribution in [-0.4, -0.2) is 55.4 Å². The van der Waals surface area contributed by atoms with Crippen LogP contribution in [0.1, 0.15) is 44.1 Å². The number of rotatable bonds is 4. The van der Waals surface area contributed by atoms with Crippen LogP contribution in [0.5, 0.6) is 0 Å². The number of aryl methyl sites for hydroxylation is 1. The van der Waals surface area contributed by atoms with Crippen LogP contribution in [-0.2, 0) is 4.79 Å². The van der Waals surface area contributed by atoms with Crippen LogP contribution in [0, 0.1) is 6.92 Å². The zero-order chi connectivity index (χ0) is 22.0. The lowest BCUT2D eigenvalue weighted by molar-refractivity contribution is -0.132. The van der Waals surface area contributed by atoms with Crippen molar-refractivity contribution < 1.29 is 4.79 Å². The van der Waals surface area contributed by atoms with Gasteiger partial charge >= 0.3 is 0 Å². The molecule has 4 heterocycles. The Morgan fingerprint density at radius 1 is 1.10 bits per heavy atom. The van der Waals surface area contributed by atoms with Crippen LogP contribution < -0.4 is 4.90 Å². The molecule has 8 nitrogen and oxygen atoms in total. The summed E-state index contributed by atoms with van der Waals surface area (Å²) in [7, 11) is 1.98. The van der Waals surface area contributed by atoms with Crippen molar-refractivity contribution >= 4 is 17.4 Å². The minimum absolute atomic E-state index is 0.0723. The van der Waals surface area contributed by atoms with Gasteiger partial charge in [0.1, 0.15) is 17.3 Å².